The summed E-state index contributed by atoms with van der Waals surface area (Å²) in [5, 5.41) is 11.7. The van der Waals surface area contributed by atoms with Crippen molar-refractivity contribution in [3.05, 3.63) is 35.4 Å². The second-order valence-electron chi connectivity index (χ2n) is 6.32. The number of aryl methyl sites for hydroxylation is 1. The average molecular weight is 358 g/mol. The number of likely N-dealkylation sites (tertiary alicyclic amines) is 1. The lowest BCUT2D eigenvalue weighted by atomic mass is 9.96. The van der Waals surface area contributed by atoms with Crippen LogP contribution < -0.4 is 5.32 Å². The largest absolute Gasteiger partial charge is 0.481 e. The van der Waals surface area contributed by atoms with Gasteiger partial charge in [0.1, 0.15) is 0 Å². The first-order valence-electron chi connectivity index (χ1n) is 8.05. The molecule has 1 aliphatic rings. The molecule has 0 aliphatic carbocycles. The monoisotopic (exact) mass is 358 g/mol. The Morgan fingerprint density at radius 1 is 1.28 bits per heavy atom. The zero-order valence-corrected chi connectivity index (χ0v) is 14.0. The molecule has 8 heteroatoms. The van der Waals surface area contributed by atoms with Gasteiger partial charge in [0.2, 0.25) is 0 Å². The average Bonchev–Trinajstić information content (AvgIpc) is 2.99. The number of hydrogen-bond donors (Lipinski definition) is 2. The molecule has 3 atom stereocenters. The summed E-state index contributed by atoms with van der Waals surface area (Å²) in [5.41, 5.74) is 1.91. The standard InChI is InChI=1S/C17H21F3N2O3/c1-3-14(11-6-4-10(2)5-7-11)21-16(25)22-8-12(15(23)24)13(9-22)17(18,19)20/h4-7,12-14H,3,8-9H2,1-2H3,(H,21,25)(H,23,24)/t12-,13-,14?/m1/s1. The predicted octanol–water partition coefficient (Wildman–Crippen LogP) is 3.35. The van der Waals surface area contributed by atoms with E-state index in [0.29, 0.717) is 6.42 Å². The fourth-order valence-electron chi connectivity index (χ4n) is 3.01. The van der Waals surface area contributed by atoms with Crippen molar-refractivity contribution >= 4 is 12.0 Å². The van der Waals surface area contributed by atoms with Gasteiger partial charge in [0, 0.05) is 13.1 Å². The summed E-state index contributed by atoms with van der Waals surface area (Å²) >= 11 is 0. The van der Waals surface area contributed by atoms with E-state index in [1.54, 1.807) is 0 Å². The molecule has 2 amide bonds. The fourth-order valence-corrected chi connectivity index (χ4v) is 3.01. The summed E-state index contributed by atoms with van der Waals surface area (Å²) in [7, 11) is 0. The number of halogens is 3. The number of benzene rings is 1. The van der Waals surface area contributed by atoms with Crippen LogP contribution in [0, 0.1) is 18.8 Å². The molecule has 0 bridgehead atoms. The van der Waals surface area contributed by atoms with Crippen molar-refractivity contribution in [2.24, 2.45) is 11.8 Å². The molecule has 0 aromatic heterocycles. The number of carboxylic acid groups (broad SMARTS) is 1. The second kappa shape index (κ2) is 7.33. The molecule has 1 aliphatic heterocycles. The van der Waals surface area contributed by atoms with E-state index in [1.807, 2.05) is 38.1 Å². The van der Waals surface area contributed by atoms with Gasteiger partial charge in [0.25, 0.3) is 0 Å². The van der Waals surface area contributed by atoms with E-state index in [9.17, 15) is 22.8 Å². The van der Waals surface area contributed by atoms with Crippen LogP contribution in [0.15, 0.2) is 24.3 Å². The van der Waals surface area contributed by atoms with Gasteiger partial charge >= 0.3 is 18.2 Å². The van der Waals surface area contributed by atoms with Crippen molar-refractivity contribution in [2.45, 2.75) is 32.5 Å². The first-order chi connectivity index (χ1) is 11.6. The first-order valence-corrected chi connectivity index (χ1v) is 8.05. The van der Waals surface area contributed by atoms with Gasteiger partial charge in [-0.25, -0.2) is 4.79 Å². The van der Waals surface area contributed by atoms with E-state index >= 15 is 0 Å². The molecule has 1 aromatic rings. The number of aliphatic carboxylic acids is 1. The van der Waals surface area contributed by atoms with Crippen molar-refractivity contribution in [1.29, 1.82) is 0 Å². The molecule has 0 radical (unpaired) electrons. The second-order valence-corrected chi connectivity index (χ2v) is 6.32. The minimum Gasteiger partial charge on any atom is -0.481 e. The highest BCUT2D eigenvalue weighted by molar-refractivity contribution is 5.78. The van der Waals surface area contributed by atoms with E-state index in [0.717, 1.165) is 16.0 Å². The first kappa shape index (κ1) is 19.1. The number of carboxylic acids is 1. The van der Waals surface area contributed by atoms with Gasteiger partial charge in [0.15, 0.2) is 0 Å². The third-order valence-electron chi connectivity index (χ3n) is 4.53. The van der Waals surface area contributed by atoms with E-state index in [4.69, 9.17) is 5.11 Å². The third kappa shape index (κ3) is 4.43. The van der Waals surface area contributed by atoms with Crippen LogP contribution in [0.4, 0.5) is 18.0 Å². The van der Waals surface area contributed by atoms with Crippen LogP contribution >= 0.6 is 0 Å². The number of rotatable bonds is 4. The molecule has 1 aromatic carbocycles. The van der Waals surface area contributed by atoms with E-state index in [-0.39, 0.29) is 6.04 Å². The van der Waals surface area contributed by atoms with Crippen molar-refractivity contribution in [1.82, 2.24) is 10.2 Å². The number of carbonyl (C=O) groups is 2. The maximum atomic E-state index is 13.0. The van der Waals surface area contributed by atoms with Crippen molar-refractivity contribution < 1.29 is 27.9 Å². The van der Waals surface area contributed by atoms with Crippen LogP contribution in [0.1, 0.15) is 30.5 Å². The summed E-state index contributed by atoms with van der Waals surface area (Å²) in [6, 6.07) is 6.46. The molecule has 2 N–H and O–H groups in total. The van der Waals surface area contributed by atoms with Crippen LogP contribution in [0.25, 0.3) is 0 Å². The van der Waals surface area contributed by atoms with Crippen molar-refractivity contribution in [2.75, 3.05) is 13.1 Å². The highest BCUT2D eigenvalue weighted by atomic mass is 19.4. The van der Waals surface area contributed by atoms with E-state index in [1.165, 1.54) is 0 Å². The Hall–Kier alpha value is -2.25. The quantitative estimate of drug-likeness (QED) is 0.867. The molecular formula is C17H21F3N2O3. The van der Waals surface area contributed by atoms with Crippen LogP contribution in [-0.2, 0) is 4.79 Å². The number of nitrogens with one attached hydrogen (secondary N) is 1. The Bertz CT molecular complexity index is 631. The fraction of sp³-hybridized carbons (Fsp3) is 0.529. The van der Waals surface area contributed by atoms with Gasteiger partial charge in [0.05, 0.1) is 17.9 Å². The van der Waals surface area contributed by atoms with Crippen molar-refractivity contribution in [3.63, 3.8) is 0 Å². The summed E-state index contributed by atoms with van der Waals surface area (Å²) in [4.78, 5) is 24.4. The maximum Gasteiger partial charge on any atom is 0.394 e. The van der Waals surface area contributed by atoms with Gasteiger partial charge in [-0.05, 0) is 18.9 Å². The Balaban J connectivity index is 2.09. The van der Waals surface area contributed by atoms with Gasteiger partial charge in [-0.1, -0.05) is 36.8 Å². The van der Waals surface area contributed by atoms with Gasteiger partial charge < -0.3 is 15.3 Å². The molecule has 2 rings (SSSR count). The molecule has 1 saturated heterocycles. The van der Waals surface area contributed by atoms with E-state index in [2.05, 4.69) is 5.32 Å². The Morgan fingerprint density at radius 2 is 1.88 bits per heavy atom. The number of hydrogen-bond acceptors (Lipinski definition) is 2. The predicted molar refractivity (Wildman–Crippen MR) is 85.0 cm³/mol. The SMILES string of the molecule is CCC(NC(=O)N1C[C@@H](C(F)(F)F)[C@H](C(=O)O)C1)c1ccc(C)cc1. The number of carbonyl (C=O) groups excluding carboxylic acids is 1. The van der Waals surface area contributed by atoms with Crippen LogP contribution in [0.5, 0.6) is 0 Å². The number of amides is 2. The smallest absolute Gasteiger partial charge is 0.394 e. The minimum absolute atomic E-state index is 0.346. The number of alkyl halides is 3. The molecular weight excluding hydrogens is 337 g/mol. The molecule has 0 spiro atoms. The van der Waals surface area contributed by atoms with Crippen LogP contribution in [0.3, 0.4) is 0 Å². The number of urea groups is 1. The lowest BCUT2D eigenvalue weighted by molar-refractivity contribution is -0.187. The normalized spacial score (nSPS) is 21.9. The maximum absolute atomic E-state index is 13.0. The van der Waals surface area contributed by atoms with E-state index < -0.39 is 43.1 Å². The highest BCUT2D eigenvalue weighted by Gasteiger charge is 2.53. The molecule has 5 nitrogen and oxygen atoms in total. The Kier molecular flexibility index (Phi) is 5.59. The van der Waals surface area contributed by atoms with Gasteiger partial charge in [-0.15, -0.1) is 0 Å². The lowest BCUT2D eigenvalue weighted by Crippen LogP contribution is -2.41. The van der Waals surface area contributed by atoms with Gasteiger partial charge in [-0.3, -0.25) is 4.79 Å². The Labute approximate surface area is 143 Å². The summed E-state index contributed by atoms with van der Waals surface area (Å²) < 4.78 is 39.1. The summed E-state index contributed by atoms with van der Waals surface area (Å²) in [6.45, 7) is 2.69. The zero-order valence-electron chi connectivity index (χ0n) is 14.0. The molecule has 0 saturated carbocycles. The summed E-state index contributed by atoms with van der Waals surface area (Å²) in [5.74, 6) is -5.22. The molecule has 138 valence electrons. The lowest BCUT2D eigenvalue weighted by Gasteiger charge is -2.23. The van der Waals surface area contributed by atoms with Crippen LogP contribution in [-0.4, -0.2) is 41.3 Å². The zero-order chi connectivity index (χ0) is 18.8. The molecule has 1 fully saturated rings. The molecule has 1 heterocycles. The van der Waals surface area contributed by atoms with Crippen LogP contribution in [0.2, 0.25) is 0 Å². The number of nitrogens with zero attached hydrogens (tertiary/aromatic N) is 1. The Morgan fingerprint density at radius 3 is 2.32 bits per heavy atom. The highest BCUT2D eigenvalue weighted by Crippen LogP contribution is 2.37. The van der Waals surface area contributed by atoms with Gasteiger partial charge in [-0.2, -0.15) is 13.2 Å². The topological polar surface area (TPSA) is 69.6 Å². The third-order valence-corrected chi connectivity index (χ3v) is 4.53. The minimum atomic E-state index is -4.65. The molecule has 1 unspecified atom stereocenters. The van der Waals surface area contributed by atoms with Crippen molar-refractivity contribution in [3.8, 4) is 0 Å². The molecule has 25 heavy (non-hydrogen) atoms. The summed E-state index contributed by atoms with van der Waals surface area (Å²) in [6.07, 6.45) is -4.09.